The SMILES string of the molecule is CCOC(=Nc1ccccc1OC)c1ccccc1C(=Nc1ccccc1OC)OCC. The first-order valence-corrected chi connectivity index (χ1v) is 10.5. The summed E-state index contributed by atoms with van der Waals surface area (Å²) < 4.78 is 22.8. The molecule has 0 spiro atoms. The lowest BCUT2D eigenvalue weighted by molar-refractivity contribution is 0.323. The van der Waals surface area contributed by atoms with E-state index in [1.807, 2.05) is 86.6 Å². The molecule has 0 atom stereocenters. The molecule has 0 amide bonds. The second-order valence-corrected chi connectivity index (χ2v) is 6.59. The van der Waals surface area contributed by atoms with Gasteiger partial charge in [0.2, 0.25) is 11.8 Å². The third-order valence-electron chi connectivity index (χ3n) is 4.56. The maximum absolute atomic E-state index is 5.95. The number of aliphatic imine (C=N–C) groups is 2. The number of rotatable bonds is 8. The number of nitrogens with zero attached hydrogens (tertiary/aromatic N) is 2. The summed E-state index contributed by atoms with van der Waals surface area (Å²) in [5, 5.41) is 0. The van der Waals surface area contributed by atoms with Crippen molar-refractivity contribution >= 4 is 23.2 Å². The smallest absolute Gasteiger partial charge is 0.222 e. The van der Waals surface area contributed by atoms with Gasteiger partial charge in [-0.2, -0.15) is 0 Å². The van der Waals surface area contributed by atoms with Crippen molar-refractivity contribution in [3.8, 4) is 11.5 Å². The molecule has 0 unspecified atom stereocenters. The zero-order valence-electron chi connectivity index (χ0n) is 18.9. The Kier molecular flexibility index (Phi) is 8.26. The van der Waals surface area contributed by atoms with Crippen molar-refractivity contribution < 1.29 is 18.9 Å². The van der Waals surface area contributed by atoms with Crippen LogP contribution in [0, 0.1) is 0 Å². The van der Waals surface area contributed by atoms with E-state index in [2.05, 4.69) is 0 Å². The third-order valence-corrected chi connectivity index (χ3v) is 4.56. The molecule has 0 radical (unpaired) electrons. The topological polar surface area (TPSA) is 61.6 Å². The maximum atomic E-state index is 5.95. The minimum atomic E-state index is 0.454. The van der Waals surface area contributed by atoms with E-state index in [1.165, 1.54) is 0 Å². The molecule has 0 saturated heterocycles. The molecule has 0 aromatic heterocycles. The Balaban J connectivity index is 2.16. The highest BCUT2D eigenvalue weighted by Crippen LogP contribution is 2.30. The van der Waals surface area contributed by atoms with E-state index >= 15 is 0 Å². The molecule has 0 aliphatic heterocycles. The molecule has 3 aromatic rings. The zero-order chi connectivity index (χ0) is 22.8. The molecule has 6 heteroatoms. The maximum Gasteiger partial charge on any atom is 0.222 e. The average molecular weight is 433 g/mol. The van der Waals surface area contributed by atoms with E-state index in [-0.39, 0.29) is 0 Å². The highest BCUT2D eigenvalue weighted by molar-refractivity contribution is 6.08. The molecule has 0 saturated carbocycles. The number of para-hydroxylation sites is 4. The Hall–Kier alpha value is -3.80. The molecule has 32 heavy (non-hydrogen) atoms. The van der Waals surface area contributed by atoms with Crippen molar-refractivity contribution in [2.75, 3.05) is 27.4 Å². The lowest BCUT2D eigenvalue weighted by Crippen LogP contribution is -2.15. The van der Waals surface area contributed by atoms with E-state index in [0.29, 0.717) is 47.9 Å². The molecule has 0 N–H and O–H groups in total. The second-order valence-electron chi connectivity index (χ2n) is 6.59. The fraction of sp³-hybridized carbons (Fsp3) is 0.231. The summed E-state index contributed by atoms with van der Waals surface area (Å²) in [6.07, 6.45) is 0. The van der Waals surface area contributed by atoms with Gasteiger partial charge in [0.1, 0.15) is 22.9 Å². The molecule has 3 rings (SSSR count). The van der Waals surface area contributed by atoms with Gasteiger partial charge in [-0.3, -0.25) is 0 Å². The lowest BCUT2D eigenvalue weighted by atomic mass is 10.1. The summed E-state index contributed by atoms with van der Waals surface area (Å²) in [6.45, 7) is 4.76. The minimum Gasteiger partial charge on any atom is -0.494 e. The first kappa shape index (κ1) is 22.9. The molecular formula is C26H28N2O4. The quantitative estimate of drug-likeness (QED) is 0.327. The largest absolute Gasteiger partial charge is 0.494 e. The summed E-state index contributed by atoms with van der Waals surface area (Å²) in [4.78, 5) is 9.53. The van der Waals surface area contributed by atoms with Crippen molar-refractivity contribution in [2.24, 2.45) is 9.98 Å². The van der Waals surface area contributed by atoms with Gasteiger partial charge in [0.05, 0.1) is 27.4 Å². The van der Waals surface area contributed by atoms with Crippen molar-refractivity contribution in [3.63, 3.8) is 0 Å². The first-order chi connectivity index (χ1) is 15.7. The molecule has 0 aliphatic carbocycles. The van der Waals surface area contributed by atoms with Crippen molar-refractivity contribution in [1.29, 1.82) is 0 Å². The Bertz CT molecular complexity index is 1010. The molecule has 0 fully saturated rings. The van der Waals surface area contributed by atoms with E-state index in [1.54, 1.807) is 14.2 Å². The standard InChI is InChI=1S/C26H28N2O4/c1-5-31-25(27-21-15-9-11-17-23(21)29-3)19-13-7-8-14-20(19)26(32-6-2)28-22-16-10-12-18-24(22)30-4/h7-18H,5-6H2,1-4H3. The van der Waals surface area contributed by atoms with E-state index in [0.717, 1.165) is 11.1 Å². The van der Waals surface area contributed by atoms with Gasteiger partial charge in [-0.15, -0.1) is 0 Å². The number of hydrogen-bond donors (Lipinski definition) is 0. The van der Waals surface area contributed by atoms with Crippen molar-refractivity contribution in [3.05, 3.63) is 83.9 Å². The molecule has 166 valence electrons. The van der Waals surface area contributed by atoms with Gasteiger partial charge in [0.15, 0.2) is 0 Å². The highest BCUT2D eigenvalue weighted by atomic mass is 16.5. The monoisotopic (exact) mass is 432 g/mol. The summed E-state index contributed by atoms with van der Waals surface area (Å²) >= 11 is 0. The Morgan fingerprint density at radius 3 is 1.34 bits per heavy atom. The van der Waals surface area contributed by atoms with Crippen LogP contribution in [0.25, 0.3) is 0 Å². The van der Waals surface area contributed by atoms with Gasteiger partial charge >= 0.3 is 0 Å². The van der Waals surface area contributed by atoms with Gasteiger partial charge in [0, 0.05) is 11.1 Å². The fourth-order valence-electron chi connectivity index (χ4n) is 3.13. The molecule has 0 bridgehead atoms. The molecule has 6 nitrogen and oxygen atoms in total. The number of methoxy groups -OCH3 is 2. The lowest BCUT2D eigenvalue weighted by Gasteiger charge is -2.15. The van der Waals surface area contributed by atoms with E-state index in [4.69, 9.17) is 28.9 Å². The second kappa shape index (κ2) is 11.6. The van der Waals surface area contributed by atoms with Gasteiger partial charge < -0.3 is 18.9 Å². The Labute approximate surface area is 189 Å². The van der Waals surface area contributed by atoms with Crippen LogP contribution in [0.2, 0.25) is 0 Å². The van der Waals surface area contributed by atoms with Gasteiger partial charge in [-0.05, 0) is 50.2 Å². The van der Waals surface area contributed by atoms with Gasteiger partial charge in [-0.1, -0.05) is 36.4 Å². The van der Waals surface area contributed by atoms with Crippen LogP contribution in [0.4, 0.5) is 11.4 Å². The van der Waals surface area contributed by atoms with Gasteiger partial charge in [-0.25, -0.2) is 9.98 Å². The van der Waals surface area contributed by atoms with Crippen LogP contribution in [0.3, 0.4) is 0 Å². The highest BCUT2D eigenvalue weighted by Gasteiger charge is 2.18. The predicted molar refractivity (Wildman–Crippen MR) is 128 cm³/mol. The zero-order valence-corrected chi connectivity index (χ0v) is 18.9. The van der Waals surface area contributed by atoms with Crippen LogP contribution in [-0.4, -0.2) is 39.2 Å². The summed E-state index contributed by atoms with van der Waals surface area (Å²) in [7, 11) is 3.24. The summed E-state index contributed by atoms with van der Waals surface area (Å²) in [5.74, 6) is 2.24. The number of benzene rings is 3. The predicted octanol–water partition coefficient (Wildman–Crippen LogP) is 5.93. The third kappa shape index (κ3) is 5.46. The van der Waals surface area contributed by atoms with E-state index < -0.39 is 0 Å². The van der Waals surface area contributed by atoms with Crippen LogP contribution < -0.4 is 9.47 Å². The van der Waals surface area contributed by atoms with E-state index in [9.17, 15) is 0 Å². The van der Waals surface area contributed by atoms with Crippen LogP contribution in [0.15, 0.2) is 82.8 Å². The number of hydrogen-bond acceptors (Lipinski definition) is 6. The average Bonchev–Trinajstić information content (AvgIpc) is 2.84. The van der Waals surface area contributed by atoms with Crippen molar-refractivity contribution in [1.82, 2.24) is 0 Å². The molecule has 0 heterocycles. The minimum absolute atomic E-state index is 0.454. The van der Waals surface area contributed by atoms with Crippen molar-refractivity contribution in [2.45, 2.75) is 13.8 Å². The Morgan fingerprint density at radius 2 is 0.969 bits per heavy atom. The van der Waals surface area contributed by atoms with Gasteiger partial charge in [0.25, 0.3) is 0 Å². The Morgan fingerprint density at radius 1 is 0.594 bits per heavy atom. The van der Waals surface area contributed by atoms with Crippen LogP contribution >= 0.6 is 0 Å². The normalized spacial score (nSPS) is 11.8. The molecular weight excluding hydrogens is 404 g/mol. The first-order valence-electron chi connectivity index (χ1n) is 10.5. The molecule has 3 aromatic carbocycles. The summed E-state index contributed by atoms with van der Waals surface area (Å²) in [6, 6.07) is 22.9. The fourth-order valence-corrected chi connectivity index (χ4v) is 3.13. The molecule has 0 aliphatic rings. The van der Waals surface area contributed by atoms with Crippen LogP contribution in [-0.2, 0) is 9.47 Å². The van der Waals surface area contributed by atoms with Crippen LogP contribution in [0.5, 0.6) is 11.5 Å². The summed E-state index contributed by atoms with van der Waals surface area (Å²) in [5.41, 5.74) is 2.88. The number of ether oxygens (including phenoxy) is 4. The van der Waals surface area contributed by atoms with Crippen LogP contribution in [0.1, 0.15) is 25.0 Å².